The zero-order valence-corrected chi connectivity index (χ0v) is 13.0. The number of aromatic nitrogens is 2. The van der Waals surface area contributed by atoms with Crippen molar-refractivity contribution in [2.45, 2.75) is 19.5 Å². The van der Waals surface area contributed by atoms with Crippen LogP contribution < -0.4 is 0 Å². The summed E-state index contributed by atoms with van der Waals surface area (Å²) in [4.78, 5) is 25.3. The van der Waals surface area contributed by atoms with E-state index in [-0.39, 0.29) is 12.1 Å². The number of hydrogen-bond donors (Lipinski definition) is 0. The molecular weight excluding hydrogens is 288 g/mol. The zero-order valence-electron chi connectivity index (χ0n) is 13.0. The first kappa shape index (κ1) is 13.9. The predicted octanol–water partition coefficient (Wildman–Crippen LogP) is 2.48. The highest BCUT2D eigenvalue weighted by molar-refractivity contribution is 5.99. The van der Waals surface area contributed by atoms with Gasteiger partial charge in [0.25, 0.3) is 5.91 Å². The fraction of sp³-hybridized carbons (Fsp3) is 0.278. The van der Waals surface area contributed by atoms with Crippen LogP contribution in [0.4, 0.5) is 0 Å². The monoisotopic (exact) mass is 306 g/mol. The van der Waals surface area contributed by atoms with Crippen LogP contribution >= 0.6 is 0 Å². The average Bonchev–Trinajstić information content (AvgIpc) is 2.74. The molecule has 0 N–H and O–H groups in total. The van der Waals surface area contributed by atoms with Gasteiger partial charge in [-0.1, -0.05) is 18.2 Å². The summed E-state index contributed by atoms with van der Waals surface area (Å²) in [5, 5.41) is 0. The van der Waals surface area contributed by atoms with Crippen molar-refractivity contribution in [3.8, 4) is 0 Å². The second-order valence-corrected chi connectivity index (χ2v) is 5.78. The van der Waals surface area contributed by atoms with Gasteiger partial charge in [-0.2, -0.15) is 0 Å². The van der Waals surface area contributed by atoms with Crippen molar-refractivity contribution < 1.29 is 4.79 Å². The number of nitrogens with zero attached hydrogens (tertiary/aromatic N) is 4. The molecule has 1 unspecified atom stereocenters. The van der Waals surface area contributed by atoms with Crippen LogP contribution in [0.15, 0.2) is 43.0 Å². The molecule has 3 heterocycles. The Morgan fingerprint density at radius 2 is 2.17 bits per heavy atom. The third-order valence-corrected chi connectivity index (χ3v) is 4.56. The molecular formula is C18H18N4O. The summed E-state index contributed by atoms with van der Waals surface area (Å²) in [6.45, 7) is 3.54. The van der Waals surface area contributed by atoms with E-state index < -0.39 is 0 Å². The minimum absolute atomic E-state index is 0.0396. The standard InChI is InChI=1S/C18H18N4O/c1-2-22-17(14-5-3-4-6-15(14)18(22)23)21-9-7-13-11-19-12-20-16(13)8-10-21/h3-7,9,11-12,17H,2,8,10H2,1H3. The number of amides is 1. The van der Waals surface area contributed by atoms with Crippen LogP contribution in [0.1, 0.15) is 40.3 Å². The molecule has 2 aliphatic heterocycles. The summed E-state index contributed by atoms with van der Waals surface area (Å²) >= 11 is 0. The molecule has 1 aromatic carbocycles. The summed E-state index contributed by atoms with van der Waals surface area (Å²) in [6.07, 6.45) is 8.35. The summed E-state index contributed by atoms with van der Waals surface area (Å²) in [6, 6.07) is 7.90. The molecule has 5 nitrogen and oxygen atoms in total. The molecule has 1 aromatic heterocycles. The van der Waals surface area contributed by atoms with Gasteiger partial charge in [-0.15, -0.1) is 0 Å². The molecule has 23 heavy (non-hydrogen) atoms. The molecule has 4 rings (SSSR count). The molecule has 116 valence electrons. The third-order valence-electron chi connectivity index (χ3n) is 4.56. The van der Waals surface area contributed by atoms with Gasteiger partial charge in [0.1, 0.15) is 12.5 Å². The highest BCUT2D eigenvalue weighted by atomic mass is 16.2. The summed E-state index contributed by atoms with van der Waals surface area (Å²) in [5.41, 5.74) is 4.01. The molecule has 0 bridgehead atoms. The Hall–Kier alpha value is -2.69. The summed E-state index contributed by atoms with van der Waals surface area (Å²) < 4.78 is 0. The second kappa shape index (κ2) is 5.50. The van der Waals surface area contributed by atoms with Gasteiger partial charge in [0.05, 0.1) is 5.69 Å². The van der Waals surface area contributed by atoms with Crippen molar-refractivity contribution >= 4 is 12.0 Å². The summed E-state index contributed by atoms with van der Waals surface area (Å²) in [5.74, 6) is 0.114. The molecule has 0 aliphatic carbocycles. The lowest BCUT2D eigenvalue weighted by Crippen LogP contribution is -2.37. The van der Waals surface area contributed by atoms with Gasteiger partial charge in [-0.25, -0.2) is 9.97 Å². The molecule has 0 radical (unpaired) electrons. The van der Waals surface area contributed by atoms with E-state index in [0.29, 0.717) is 6.54 Å². The quantitative estimate of drug-likeness (QED) is 0.855. The van der Waals surface area contributed by atoms with Crippen molar-refractivity contribution in [1.29, 1.82) is 0 Å². The number of rotatable bonds is 2. The van der Waals surface area contributed by atoms with Gasteiger partial charge in [0, 0.05) is 48.6 Å². The Bertz CT molecular complexity index is 786. The molecule has 0 spiro atoms. The van der Waals surface area contributed by atoms with Crippen LogP contribution in [0, 0.1) is 0 Å². The maximum atomic E-state index is 12.6. The third kappa shape index (κ3) is 2.20. The Labute approximate surface area is 135 Å². The molecule has 0 saturated heterocycles. The lowest BCUT2D eigenvalue weighted by atomic mass is 10.1. The lowest BCUT2D eigenvalue weighted by Gasteiger charge is -2.34. The largest absolute Gasteiger partial charge is 0.353 e. The Kier molecular flexibility index (Phi) is 3.33. The van der Waals surface area contributed by atoms with Crippen LogP contribution in [-0.4, -0.2) is 38.8 Å². The smallest absolute Gasteiger partial charge is 0.256 e. The van der Waals surface area contributed by atoms with E-state index >= 15 is 0 Å². The number of carbonyl (C=O) groups excluding carboxylic acids is 1. The van der Waals surface area contributed by atoms with Gasteiger partial charge in [0.2, 0.25) is 0 Å². The van der Waals surface area contributed by atoms with E-state index in [1.54, 1.807) is 6.33 Å². The average molecular weight is 306 g/mol. The first-order valence-electron chi connectivity index (χ1n) is 7.92. The first-order chi connectivity index (χ1) is 11.3. The summed E-state index contributed by atoms with van der Waals surface area (Å²) in [7, 11) is 0. The van der Waals surface area contributed by atoms with Gasteiger partial charge in [0.15, 0.2) is 0 Å². The van der Waals surface area contributed by atoms with E-state index in [4.69, 9.17) is 0 Å². The lowest BCUT2D eigenvalue weighted by molar-refractivity contribution is 0.0553. The van der Waals surface area contributed by atoms with Crippen molar-refractivity contribution in [2.24, 2.45) is 0 Å². The number of fused-ring (bicyclic) bond motifs is 2. The van der Waals surface area contributed by atoms with Gasteiger partial charge in [-0.05, 0) is 19.1 Å². The van der Waals surface area contributed by atoms with E-state index in [9.17, 15) is 4.79 Å². The first-order valence-corrected chi connectivity index (χ1v) is 7.92. The minimum Gasteiger partial charge on any atom is -0.353 e. The van der Waals surface area contributed by atoms with Gasteiger partial charge >= 0.3 is 0 Å². The SMILES string of the molecule is CCN1C(=O)c2ccccc2C1N1C=Cc2cncnc2CC1. The van der Waals surface area contributed by atoms with Gasteiger partial charge in [-0.3, -0.25) is 4.79 Å². The Morgan fingerprint density at radius 3 is 3.04 bits per heavy atom. The normalized spacial score (nSPS) is 19.5. The molecule has 1 amide bonds. The fourth-order valence-corrected chi connectivity index (χ4v) is 3.43. The van der Waals surface area contributed by atoms with E-state index in [1.807, 2.05) is 42.3 Å². The van der Waals surface area contributed by atoms with E-state index in [1.165, 1.54) is 0 Å². The molecule has 0 fully saturated rings. The predicted molar refractivity (Wildman–Crippen MR) is 87.4 cm³/mol. The van der Waals surface area contributed by atoms with Gasteiger partial charge < -0.3 is 9.80 Å². The molecule has 2 aliphatic rings. The maximum Gasteiger partial charge on any atom is 0.256 e. The molecule has 0 saturated carbocycles. The van der Waals surface area contributed by atoms with Crippen molar-refractivity contribution in [3.63, 3.8) is 0 Å². The van der Waals surface area contributed by atoms with Crippen LogP contribution in [-0.2, 0) is 6.42 Å². The van der Waals surface area contributed by atoms with Crippen LogP contribution in [0.3, 0.4) is 0 Å². The molecule has 2 aromatic rings. The van der Waals surface area contributed by atoms with Crippen molar-refractivity contribution in [3.05, 3.63) is 65.4 Å². The maximum absolute atomic E-state index is 12.6. The Morgan fingerprint density at radius 1 is 1.30 bits per heavy atom. The number of benzene rings is 1. The highest BCUT2D eigenvalue weighted by Crippen LogP contribution is 2.36. The number of carbonyl (C=O) groups is 1. The van der Waals surface area contributed by atoms with E-state index in [0.717, 1.165) is 35.3 Å². The van der Waals surface area contributed by atoms with Crippen LogP contribution in [0.2, 0.25) is 0 Å². The van der Waals surface area contributed by atoms with E-state index in [2.05, 4.69) is 27.1 Å². The second-order valence-electron chi connectivity index (χ2n) is 5.78. The zero-order chi connectivity index (χ0) is 15.8. The topological polar surface area (TPSA) is 49.3 Å². The molecule has 1 atom stereocenters. The van der Waals surface area contributed by atoms with Crippen LogP contribution in [0.5, 0.6) is 0 Å². The van der Waals surface area contributed by atoms with Crippen LogP contribution in [0.25, 0.3) is 6.08 Å². The Balaban J connectivity index is 1.72. The molecule has 5 heteroatoms. The van der Waals surface area contributed by atoms with Crippen molar-refractivity contribution in [2.75, 3.05) is 13.1 Å². The minimum atomic E-state index is -0.0396. The number of hydrogen-bond acceptors (Lipinski definition) is 4. The highest BCUT2D eigenvalue weighted by Gasteiger charge is 2.38. The van der Waals surface area contributed by atoms with Crippen molar-refractivity contribution in [1.82, 2.24) is 19.8 Å². The fourth-order valence-electron chi connectivity index (χ4n) is 3.43.